The Balaban J connectivity index is 2.25. The molecular weight excluding hydrogens is 202 g/mol. The van der Waals surface area contributed by atoms with Gasteiger partial charge in [-0.3, -0.25) is 0 Å². The van der Waals surface area contributed by atoms with Gasteiger partial charge in [0.2, 0.25) is 0 Å². The average Bonchev–Trinajstić information content (AvgIpc) is 2.70. The number of aromatic nitrogens is 3. The van der Waals surface area contributed by atoms with Crippen LogP contribution in [0.25, 0.3) is 0 Å². The van der Waals surface area contributed by atoms with E-state index in [1.807, 2.05) is 11.5 Å². The maximum atomic E-state index is 11.3. The van der Waals surface area contributed by atoms with Crippen molar-refractivity contribution in [2.24, 2.45) is 0 Å². The maximum absolute atomic E-state index is 11.3. The lowest BCUT2D eigenvalue weighted by Crippen LogP contribution is -2.09. The molecule has 0 saturated carbocycles. The molecule has 1 saturated heterocycles. The average molecular weight is 215 g/mol. The largest absolute Gasteiger partial charge is 0.318 e. The number of nitrogens with zero attached hydrogens (tertiary/aromatic N) is 3. The zero-order valence-corrected chi connectivity index (χ0v) is 8.87. The second-order valence-electron chi connectivity index (χ2n) is 3.58. The van der Waals surface area contributed by atoms with Crippen LogP contribution in [0.3, 0.4) is 0 Å². The van der Waals surface area contributed by atoms with Crippen LogP contribution in [0.2, 0.25) is 0 Å². The summed E-state index contributed by atoms with van der Waals surface area (Å²) in [5, 5.41) is 7.79. The summed E-state index contributed by atoms with van der Waals surface area (Å²) in [5.74, 6) is 1.37. The van der Waals surface area contributed by atoms with Crippen LogP contribution in [-0.2, 0) is 16.4 Å². The number of hydrogen-bond donors (Lipinski definition) is 0. The second-order valence-corrected chi connectivity index (χ2v) is 5.80. The lowest BCUT2D eigenvalue weighted by atomic mass is 10.1. The van der Waals surface area contributed by atoms with Crippen LogP contribution in [0.5, 0.6) is 0 Å². The molecule has 0 spiro atoms. The van der Waals surface area contributed by atoms with Gasteiger partial charge >= 0.3 is 0 Å². The van der Waals surface area contributed by atoms with Crippen LogP contribution < -0.4 is 0 Å². The van der Waals surface area contributed by atoms with Crippen LogP contribution >= 0.6 is 0 Å². The Hall–Kier alpha value is -0.910. The minimum absolute atomic E-state index is 0.0439. The Bertz CT molecular complexity index is 424. The molecule has 0 bridgehead atoms. The molecule has 0 amide bonds. The Kier molecular flexibility index (Phi) is 2.30. The molecule has 1 aliphatic heterocycles. The zero-order valence-electron chi connectivity index (χ0n) is 8.05. The van der Waals surface area contributed by atoms with Crippen LogP contribution in [0.4, 0.5) is 0 Å². The number of aryl methyl sites for hydroxylation is 1. The smallest absolute Gasteiger partial charge is 0.151 e. The third-order valence-electron chi connectivity index (χ3n) is 2.58. The van der Waals surface area contributed by atoms with Gasteiger partial charge in [-0.05, 0) is 13.3 Å². The minimum atomic E-state index is -2.83. The van der Waals surface area contributed by atoms with E-state index >= 15 is 0 Å². The van der Waals surface area contributed by atoms with Crippen molar-refractivity contribution >= 4 is 9.84 Å². The van der Waals surface area contributed by atoms with Crippen molar-refractivity contribution in [3.05, 3.63) is 12.2 Å². The van der Waals surface area contributed by atoms with Gasteiger partial charge < -0.3 is 4.57 Å². The highest BCUT2D eigenvalue weighted by Gasteiger charge is 2.31. The molecule has 1 fully saturated rings. The number of rotatable bonds is 2. The topological polar surface area (TPSA) is 64.8 Å². The first-order chi connectivity index (χ1) is 6.62. The Morgan fingerprint density at radius 3 is 3.00 bits per heavy atom. The van der Waals surface area contributed by atoms with Gasteiger partial charge in [0.15, 0.2) is 9.84 Å². The lowest BCUT2D eigenvalue weighted by molar-refractivity contribution is 0.598. The molecule has 1 unspecified atom stereocenters. The molecule has 6 heteroatoms. The van der Waals surface area contributed by atoms with Gasteiger partial charge in [0.25, 0.3) is 0 Å². The number of sulfone groups is 1. The van der Waals surface area contributed by atoms with E-state index in [2.05, 4.69) is 10.2 Å². The summed E-state index contributed by atoms with van der Waals surface area (Å²) in [4.78, 5) is 0. The van der Waals surface area contributed by atoms with E-state index in [1.54, 1.807) is 6.33 Å². The third-order valence-corrected chi connectivity index (χ3v) is 4.35. The van der Waals surface area contributed by atoms with Crippen LogP contribution in [0.1, 0.15) is 25.1 Å². The third kappa shape index (κ3) is 1.66. The van der Waals surface area contributed by atoms with Crippen LogP contribution in [-0.4, -0.2) is 34.7 Å². The van der Waals surface area contributed by atoms with Crippen molar-refractivity contribution in [2.45, 2.75) is 25.8 Å². The fraction of sp³-hybridized carbons (Fsp3) is 0.750. The van der Waals surface area contributed by atoms with Crippen molar-refractivity contribution in [1.82, 2.24) is 14.8 Å². The van der Waals surface area contributed by atoms with Crippen molar-refractivity contribution in [3.8, 4) is 0 Å². The van der Waals surface area contributed by atoms with Gasteiger partial charge in [0, 0.05) is 12.5 Å². The molecule has 0 N–H and O–H groups in total. The molecule has 1 aromatic rings. The van der Waals surface area contributed by atoms with Gasteiger partial charge in [-0.25, -0.2) is 8.42 Å². The van der Waals surface area contributed by atoms with Crippen molar-refractivity contribution in [3.63, 3.8) is 0 Å². The fourth-order valence-electron chi connectivity index (χ4n) is 1.82. The molecule has 1 aromatic heterocycles. The van der Waals surface area contributed by atoms with E-state index in [-0.39, 0.29) is 17.4 Å². The summed E-state index contributed by atoms with van der Waals surface area (Å²) >= 11 is 0. The summed E-state index contributed by atoms with van der Waals surface area (Å²) < 4.78 is 24.5. The standard InChI is InChI=1S/C8H13N3O2S/c1-2-11-6-9-10-8(11)7-3-4-14(12,13)5-7/h6-7H,2-5H2,1H3. The zero-order chi connectivity index (χ0) is 10.2. The first-order valence-electron chi connectivity index (χ1n) is 4.70. The molecule has 14 heavy (non-hydrogen) atoms. The van der Waals surface area contributed by atoms with Crippen molar-refractivity contribution < 1.29 is 8.42 Å². The minimum Gasteiger partial charge on any atom is -0.318 e. The molecule has 78 valence electrons. The van der Waals surface area contributed by atoms with Gasteiger partial charge in [-0.2, -0.15) is 0 Å². The van der Waals surface area contributed by atoms with E-state index in [0.29, 0.717) is 6.42 Å². The summed E-state index contributed by atoms with van der Waals surface area (Å²) in [6, 6.07) is 0. The highest BCUT2D eigenvalue weighted by molar-refractivity contribution is 7.91. The molecule has 0 radical (unpaired) electrons. The van der Waals surface area contributed by atoms with Gasteiger partial charge in [0.05, 0.1) is 11.5 Å². The number of hydrogen-bond acceptors (Lipinski definition) is 4. The Morgan fingerprint density at radius 1 is 1.64 bits per heavy atom. The van der Waals surface area contributed by atoms with E-state index in [9.17, 15) is 8.42 Å². The Labute approximate surface area is 83.1 Å². The molecule has 1 atom stereocenters. The quantitative estimate of drug-likeness (QED) is 0.707. The van der Waals surface area contributed by atoms with Gasteiger partial charge in [-0.15, -0.1) is 10.2 Å². The highest BCUT2D eigenvalue weighted by Crippen LogP contribution is 2.27. The highest BCUT2D eigenvalue weighted by atomic mass is 32.2. The SMILES string of the molecule is CCn1cnnc1C1CCS(=O)(=O)C1. The first kappa shape index (κ1) is 9.64. The molecule has 5 nitrogen and oxygen atoms in total. The van der Waals surface area contributed by atoms with E-state index in [1.165, 1.54) is 0 Å². The fourth-order valence-corrected chi connectivity index (χ4v) is 3.56. The lowest BCUT2D eigenvalue weighted by Gasteiger charge is -2.07. The summed E-state index contributed by atoms with van der Waals surface area (Å²) in [5.41, 5.74) is 0. The molecule has 2 rings (SSSR count). The van der Waals surface area contributed by atoms with Crippen molar-refractivity contribution in [1.29, 1.82) is 0 Å². The molecule has 1 aliphatic rings. The maximum Gasteiger partial charge on any atom is 0.151 e. The van der Waals surface area contributed by atoms with Crippen LogP contribution in [0, 0.1) is 0 Å². The molecule has 0 aromatic carbocycles. The first-order valence-corrected chi connectivity index (χ1v) is 6.52. The van der Waals surface area contributed by atoms with Crippen molar-refractivity contribution in [2.75, 3.05) is 11.5 Å². The summed E-state index contributed by atoms with van der Waals surface area (Å²) in [6.07, 6.45) is 2.33. The van der Waals surface area contributed by atoms with E-state index < -0.39 is 9.84 Å². The van der Waals surface area contributed by atoms with Gasteiger partial charge in [0.1, 0.15) is 12.2 Å². The molecular formula is C8H13N3O2S. The predicted molar refractivity (Wildman–Crippen MR) is 51.7 cm³/mol. The van der Waals surface area contributed by atoms with Gasteiger partial charge in [-0.1, -0.05) is 0 Å². The summed E-state index contributed by atoms with van der Waals surface area (Å²) in [6.45, 7) is 2.79. The summed E-state index contributed by atoms with van der Waals surface area (Å²) in [7, 11) is -2.83. The molecule has 0 aliphatic carbocycles. The normalized spacial score (nSPS) is 25.4. The van der Waals surface area contributed by atoms with Crippen LogP contribution in [0.15, 0.2) is 6.33 Å². The monoisotopic (exact) mass is 215 g/mol. The van der Waals surface area contributed by atoms with E-state index in [4.69, 9.17) is 0 Å². The molecule has 2 heterocycles. The van der Waals surface area contributed by atoms with E-state index in [0.717, 1.165) is 12.4 Å². The predicted octanol–water partition coefficient (Wildman–Crippen LogP) is 0.200. The Morgan fingerprint density at radius 2 is 2.43 bits per heavy atom. The second kappa shape index (κ2) is 3.34.